The molecule has 3 heterocycles. The van der Waals surface area contributed by atoms with E-state index in [2.05, 4.69) is 32.6 Å². The Morgan fingerprint density at radius 3 is 2.96 bits per heavy atom. The third-order valence-electron chi connectivity index (χ3n) is 5.73. The standard InChI is InChI=1S/C20H28N4O/c1-3-10-24-11-9-22-20(24)14-23-12-16-6-7-19(17(16)13-23)25-18-5-4-8-21-15(18)2/h4-5,8-9,11,16-17,19H,3,6-7,10,12-14H2,1-2H3/t16-,17+,19-/m1/s1. The van der Waals surface area contributed by atoms with Crippen LogP contribution in [0.4, 0.5) is 0 Å². The Bertz CT molecular complexity index is 713. The lowest BCUT2D eigenvalue weighted by molar-refractivity contribution is 0.145. The van der Waals surface area contributed by atoms with Crippen LogP contribution < -0.4 is 4.74 Å². The van der Waals surface area contributed by atoms with Crippen LogP contribution in [0.5, 0.6) is 5.75 Å². The van der Waals surface area contributed by atoms with Crippen molar-refractivity contribution in [2.24, 2.45) is 11.8 Å². The fourth-order valence-electron chi connectivity index (χ4n) is 4.48. The normalized spacial score (nSPS) is 26.1. The van der Waals surface area contributed by atoms with Crippen molar-refractivity contribution in [1.29, 1.82) is 0 Å². The van der Waals surface area contributed by atoms with E-state index >= 15 is 0 Å². The zero-order valence-corrected chi connectivity index (χ0v) is 15.3. The Kier molecular flexibility index (Phi) is 4.75. The summed E-state index contributed by atoms with van der Waals surface area (Å²) < 4.78 is 8.65. The Morgan fingerprint density at radius 1 is 1.20 bits per heavy atom. The van der Waals surface area contributed by atoms with Gasteiger partial charge in [-0.25, -0.2) is 4.98 Å². The van der Waals surface area contributed by atoms with Gasteiger partial charge in [-0.3, -0.25) is 9.88 Å². The number of imidazole rings is 1. The average molecular weight is 340 g/mol. The highest BCUT2D eigenvalue weighted by Crippen LogP contribution is 2.40. The van der Waals surface area contributed by atoms with E-state index in [1.165, 1.54) is 25.2 Å². The molecule has 1 aliphatic carbocycles. The van der Waals surface area contributed by atoms with Gasteiger partial charge >= 0.3 is 0 Å². The van der Waals surface area contributed by atoms with Crippen LogP contribution >= 0.6 is 0 Å². The molecule has 0 unspecified atom stereocenters. The van der Waals surface area contributed by atoms with Crippen LogP contribution in [0, 0.1) is 18.8 Å². The summed E-state index contributed by atoms with van der Waals surface area (Å²) in [5, 5.41) is 0. The Hall–Kier alpha value is -1.88. The van der Waals surface area contributed by atoms with Crippen molar-refractivity contribution in [2.75, 3.05) is 13.1 Å². The molecule has 2 aliphatic rings. The van der Waals surface area contributed by atoms with Crippen LogP contribution in [-0.2, 0) is 13.1 Å². The number of aromatic nitrogens is 3. The van der Waals surface area contributed by atoms with Crippen molar-refractivity contribution < 1.29 is 4.74 Å². The minimum absolute atomic E-state index is 0.327. The molecule has 1 saturated carbocycles. The molecule has 2 aromatic heterocycles. The number of fused-ring (bicyclic) bond motifs is 1. The van der Waals surface area contributed by atoms with Crippen LogP contribution in [0.1, 0.15) is 37.7 Å². The monoisotopic (exact) mass is 340 g/mol. The smallest absolute Gasteiger partial charge is 0.140 e. The summed E-state index contributed by atoms with van der Waals surface area (Å²) in [4.78, 5) is 11.5. The molecular formula is C20H28N4O. The van der Waals surface area contributed by atoms with Crippen molar-refractivity contribution in [3.63, 3.8) is 0 Å². The first-order valence-corrected chi connectivity index (χ1v) is 9.55. The largest absolute Gasteiger partial charge is 0.488 e. The molecule has 0 N–H and O–H groups in total. The second-order valence-corrected chi connectivity index (χ2v) is 7.48. The Morgan fingerprint density at radius 2 is 2.12 bits per heavy atom. The zero-order valence-electron chi connectivity index (χ0n) is 15.3. The Balaban J connectivity index is 1.39. The number of likely N-dealkylation sites (tertiary alicyclic amines) is 1. The van der Waals surface area contributed by atoms with Gasteiger partial charge in [-0.15, -0.1) is 0 Å². The topological polar surface area (TPSA) is 43.2 Å². The zero-order chi connectivity index (χ0) is 17.2. The number of ether oxygens (including phenoxy) is 1. The second kappa shape index (κ2) is 7.16. The molecule has 5 nitrogen and oxygen atoms in total. The summed E-state index contributed by atoms with van der Waals surface area (Å²) in [5.41, 5.74) is 0.988. The first kappa shape index (κ1) is 16.6. The van der Waals surface area contributed by atoms with Gasteiger partial charge in [-0.2, -0.15) is 0 Å². The predicted octanol–water partition coefficient (Wildman–Crippen LogP) is 3.29. The van der Waals surface area contributed by atoms with Gasteiger partial charge in [0.05, 0.1) is 12.2 Å². The van der Waals surface area contributed by atoms with Gasteiger partial charge in [-0.1, -0.05) is 6.92 Å². The predicted molar refractivity (Wildman–Crippen MR) is 97.4 cm³/mol. The molecule has 1 aliphatic heterocycles. The van der Waals surface area contributed by atoms with E-state index in [0.29, 0.717) is 12.0 Å². The van der Waals surface area contributed by atoms with E-state index in [-0.39, 0.29) is 0 Å². The maximum absolute atomic E-state index is 6.36. The summed E-state index contributed by atoms with van der Waals surface area (Å²) in [6.45, 7) is 8.55. The molecule has 2 aromatic rings. The minimum Gasteiger partial charge on any atom is -0.488 e. The molecule has 25 heavy (non-hydrogen) atoms. The van der Waals surface area contributed by atoms with Gasteiger partial charge in [0, 0.05) is 44.1 Å². The van der Waals surface area contributed by atoms with E-state index < -0.39 is 0 Å². The first-order valence-electron chi connectivity index (χ1n) is 9.55. The number of aryl methyl sites for hydroxylation is 2. The molecule has 0 spiro atoms. The van der Waals surface area contributed by atoms with Gasteiger partial charge in [0.2, 0.25) is 0 Å². The molecule has 134 valence electrons. The molecule has 0 radical (unpaired) electrons. The van der Waals surface area contributed by atoms with Gasteiger partial charge in [0.25, 0.3) is 0 Å². The summed E-state index contributed by atoms with van der Waals surface area (Å²) in [6.07, 6.45) is 9.78. The number of nitrogens with zero attached hydrogens (tertiary/aromatic N) is 4. The van der Waals surface area contributed by atoms with Crippen LogP contribution in [0.25, 0.3) is 0 Å². The van der Waals surface area contributed by atoms with E-state index in [9.17, 15) is 0 Å². The lowest BCUT2D eigenvalue weighted by Gasteiger charge is -2.22. The SMILES string of the molecule is CCCn1ccnc1CN1C[C@H]2CC[C@@H](Oc3cccnc3C)[C@H]2C1. The lowest BCUT2D eigenvalue weighted by Crippen LogP contribution is -2.29. The molecule has 4 rings (SSSR count). The number of pyridine rings is 1. The highest BCUT2D eigenvalue weighted by molar-refractivity contribution is 5.26. The second-order valence-electron chi connectivity index (χ2n) is 7.48. The third-order valence-corrected chi connectivity index (χ3v) is 5.73. The molecule has 5 heteroatoms. The fraction of sp³-hybridized carbons (Fsp3) is 0.600. The summed E-state index contributed by atoms with van der Waals surface area (Å²) in [6, 6.07) is 4.01. The summed E-state index contributed by atoms with van der Waals surface area (Å²) in [7, 11) is 0. The van der Waals surface area contributed by atoms with Crippen LogP contribution in [0.2, 0.25) is 0 Å². The minimum atomic E-state index is 0.327. The lowest BCUT2D eigenvalue weighted by atomic mass is 9.99. The van der Waals surface area contributed by atoms with Crippen molar-refractivity contribution in [3.8, 4) is 5.75 Å². The summed E-state index contributed by atoms with van der Waals surface area (Å²) in [5.74, 6) is 3.54. The molecule has 0 bridgehead atoms. The maximum atomic E-state index is 6.36. The van der Waals surface area contributed by atoms with Crippen LogP contribution in [0.15, 0.2) is 30.7 Å². The van der Waals surface area contributed by atoms with Crippen molar-refractivity contribution in [1.82, 2.24) is 19.4 Å². The van der Waals surface area contributed by atoms with E-state index in [1.807, 2.05) is 31.5 Å². The van der Waals surface area contributed by atoms with Gasteiger partial charge in [0.15, 0.2) is 0 Å². The quantitative estimate of drug-likeness (QED) is 0.809. The van der Waals surface area contributed by atoms with Gasteiger partial charge in [0.1, 0.15) is 17.7 Å². The summed E-state index contributed by atoms with van der Waals surface area (Å²) >= 11 is 0. The fourth-order valence-corrected chi connectivity index (χ4v) is 4.48. The van der Waals surface area contributed by atoms with Gasteiger partial charge < -0.3 is 9.30 Å². The maximum Gasteiger partial charge on any atom is 0.140 e. The van der Waals surface area contributed by atoms with Gasteiger partial charge in [-0.05, 0) is 44.2 Å². The van der Waals surface area contributed by atoms with Crippen molar-refractivity contribution in [3.05, 3.63) is 42.2 Å². The van der Waals surface area contributed by atoms with Crippen molar-refractivity contribution in [2.45, 2.75) is 52.3 Å². The van der Waals surface area contributed by atoms with E-state index in [0.717, 1.165) is 43.4 Å². The molecular weight excluding hydrogens is 312 g/mol. The molecule has 0 aromatic carbocycles. The van der Waals surface area contributed by atoms with Crippen LogP contribution in [0.3, 0.4) is 0 Å². The number of hydrogen-bond donors (Lipinski definition) is 0. The molecule has 2 fully saturated rings. The molecule has 0 amide bonds. The highest BCUT2D eigenvalue weighted by atomic mass is 16.5. The first-order chi connectivity index (χ1) is 12.2. The average Bonchev–Trinajstić information content (AvgIpc) is 3.29. The number of hydrogen-bond acceptors (Lipinski definition) is 4. The third kappa shape index (κ3) is 3.43. The highest BCUT2D eigenvalue weighted by Gasteiger charge is 2.44. The van der Waals surface area contributed by atoms with E-state index in [4.69, 9.17) is 4.74 Å². The molecule has 1 saturated heterocycles. The van der Waals surface area contributed by atoms with Crippen LogP contribution in [-0.4, -0.2) is 38.6 Å². The molecule has 3 atom stereocenters. The van der Waals surface area contributed by atoms with Crippen molar-refractivity contribution >= 4 is 0 Å². The number of rotatable bonds is 6. The van der Waals surface area contributed by atoms with E-state index in [1.54, 1.807) is 0 Å². The Labute approximate surface area is 150 Å².